The molecule has 1 aromatic heterocycles. The van der Waals surface area contributed by atoms with Gasteiger partial charge in [0.15, 0.2) is 0 Å². The van der Waals surface area contributed by atoms with E-state index in [1.54, 1.807) is 18.3 Å². The number of aromatic hydroxyl groups is 1. The highest BCUT2D eigenvalue weighted by Crippen LogP contribution is 2.26. The van der Waals surface area contributed by atoms with Crippen LogP contribution in [0.15, 0.2) is 54.7 Å². The number of benzene rings is 2. The van der Waals surface area contributed by atoms with Gasteiger partial charge in [-0.1, -0.05) is 29.8 Å². The van der Waals surface area contributed by atoms with Gasteiger partial charge in [0.2, 0.25) is 0 Å². The summed E-state index contributed by atoms with van der Waals surface area (Å²) in [5, 5.41) is 14.4. The third-order valence-corrected chi connectivity index (χ3v) is 3.28. The maximum absolute atomic E-state index is 9.46. The zero-order valence-electron chi connectivity index (χ0n) is 10.7. The molecule has 0 unspecified atom stereocenters. The molecule has 4 heteroatoms. The number of phenolic OH excluding ortho intramolecular Hbond substituents is 1. The van der Waals surface area contributed by atoms with E-state index in [1.165, 1.54) is 0 Å². The Bertz CT molecular complexity index is 758. The fourth-order valence-electron chi connectivity index (χ4n) is 2.15. The van der Waals surface area contributed by atoms with Crippen molar-refractivity contribution in [3.8, 4) is 5.75 Å². The molecule has 0 radical (unpaired) electrons. The lowest BCUT2D eigenvalue weighted by atomic mass is 10.1. The zero-order chi connectivity index (χ0) is 13.9. The molecule has 0 aliphatic heterocycles. The van der Waals surface area contributed by atoms with E-state index in [2.05, 4.69) is 10.3 Å². The zero-order valence-corrected chi connectivity index (χ0v) is 11.4. The van der Waals surface area contributed by atoms with Crippen molar-refractivity contribution in [3.63, 3.8) is 0 Å². The summed E-state index contributed by atoms with van der Waals surface area (Å²) in [6, 6.07) is 14.8. The highest BCUT2D eigenvalue weighted by atomic mass is 35.5. The van der Waals surface area contributed by atoms with Crippen LogP contribution in [0.2, 0.25) is 5.02 Å². The lowest BCUT2D eigenvalue weighted by Gasteiger charge is -2.10. The van der Waals surface area contributed by atoms with E-state index < -0.39 is 0 Å². The van der Waals surface area contributed by atoms with E-state index in [0.717, 1.165) is 22.2 Å². The maximum atomic E-state index is 9.46. The number of nitrogens with zero attached hydrogens (tertiary/aromatic N) is 1. The van der Waals surface area contributed by atoms with E-state index in [1.807, 2.05) is 36.4 Å². The molecule has 0 saturated heterocycles. The van der Waals surface area contributed by atoms with Crippen LogP contribution < -0.4 is 5.32 Å². The summed E-state index contributed by atoms with van der Waals surface area (Å²) in [5.41, 5.74) is 2.77. The number of fused-ring (bicyclic) bond motifs is 1. The first-order chi connectivity index (χ1) is 9.72. The molecule has 2 N–H and O–H groups in total. The Balaban J connectivity index is 1.91. The molecule has 100 valence electrons. The molecule has 3 nitrogen and oxygen atoms in total. The van der Waals surface area contributed by atoms with Crippen LogP contribution >= 0.6 is 11.6 Å². The average molecular weight is 285 g/mol. The van der Waals surface area contributed by atoms with Crippen molar-refractivity contribution >= 4 is 28.2 Å². The Morgan fingerprint density at radius 3 is 2.85 bits per heavy atom. The number of halogens is 1. The van der Waals surface area contributed by atoms with Crippen LogP contribution in [0.1, 0.15) is 5.56 Å². The monoisotopic (exact) mass is 284 g/mol. The van der Waals surface area contributed by atoms with Crippen molar-refractivity contribution in [3.05, 3.63) is 65.3 Å². The van der Waals surface area contributed by atoms with Crippen molar-refractivity contribution in [2.24, 2.45) is 0 Å². The van der Waals surface area contributed by atoms with Crippen molar-refractivity contribution in [2.75, 3.05) is 5.32 Å². The molecular weight excluding hydrogens is 272 g/mol. The second-order valence-electron chi connectivity index (χ2n) is 4.55. The minimum Gasteiger partial charge on any atom is -0.508 e. The predicted molar refractivity (Wildman–Crippen MR) is 82.2 cm³/mol. The third-order valence-electron chi connectivity index (χ3n) is 3.06. The standard InChI is InChI=1S/C16H13ClN2O/c17-13-8-12-4-2-6-18-16(12)15(9-13)19-10-11-3-1-5-14(20)7-11/h1-9,19-20H,10H2. The summed E-state index contributed by atoms with van der Waals surface area (Å²) in [4.78, 5) is 4.38. The van der Waals surface area contributed by atoms with Crippen LogP contribution in [0.3, 0.4) is 0 Å². The Labute approximate surface area is 121 Å². The highest BCUT2D eigenvalue weighted by molar-refractivity contribution is 6.31. The van der Waals surface area contributed by atoms with Gasteiger partial charge in [-0.3, -0.25) is 4.98 Å². The van der Waals surface area contributed by atoms with Crippen molar-refractivity contribution in [1.82, 2.24) is 4.98 Å². The second kappa shape index (κ2) is 5.39. The molecule has 0 saturated carbocycles. The molecule has 0 amide bonds. The van der Waals surface area contributed by atoms with E-state index in [9.17, 15) is 5.11 Å². The summed E-state index contributed by atoms with van der Waals surface area (Å²) in [5.74, 6) is 0.262. The first kappa shape index (κ1) is 12.8. The van der Waals surface area contributed by atoms with Gasteiger partial charge in [-0.15, -0.1) is 0 Å². The average Bonchev–Trinajstić information content (AvgIpc) is 2.44. The second-order valence-corrected chi connectivity index (χ2v) is 4.99. The summed E-state index contributed by atoms with van der Waals surface area (Å²) < 4.78 is 0. The maximum Gasteiger partial charge on any atom is 0.115 e. The van der Waals surface area contributed by atoms with Gasteiger partial charge in [0.05, 0.1) is 11.2 Å². The summed E-state index contributed by atoms with van der Waals surface area (Å²) in [6.45, 7) is 0.598. The summed E-state index contributed by atoms with van der Waals surface area (Å²) in [7, 11) is 0. The van der Waals surface area contributed by atoms with Crippen LogP contribution in [0, 0.1) is 0 Å². The number of aromatic nitrogens is 1. The largest absolute Gasteiger partial charge is 0.508 e. The number of rotatable bonds is 3. The van der Waals surface area contributed by atoms with Gasteiger partial charge in [-0.05, 0) is 35.9 Å². The van der Waals surface area contributed by atoms with Gasteiger partial charge in [0, 0.05) is 23.2 Å². The molecule has 3 rings (SSSR count). The number of pyridine rings is 1. The Morgan fingerprint density at radius 1 is 1.10 bits per heavy atom. The van der Waals surface area contributed by atoms with Crippen molar-refractivity contribution in [1.29, 1.82) is 0 Å². The Kier molecular flexibility index (Phi) is 3.44. The minimum absolute atomic E-state index is 0.262. The molecule has 0 bridgehead atoms. The normalized spacial score (nSPS) is 10.7. The van der Waals surface area contributed by atoms with Gasteiger partial charge in [-0.25, -0.2) is 0 Å². The molecule has 2 aromatic carbocycles. The van der Waals surface area contributed by atoms with Crippen LogP contribution in [-0.2, 0) is 6.54 Å². The molecule has 20 heavy (non-hydrogen) atoms. The Hall–Kier alpha value is -2.26. The minimum atomic E-state index is 0.262. The van der Waals surface area contributed by atoms with E-state index in [0.29, 0.717) is 11.6 Å². The summed E-state index contributed by atoms with van der Waals surface area (Å²) in [6.07, 6.45) is 1.76. The fourth-order valence-corrected chi connectivity index (χ4v) is 2.38. The van der Waals surface area contributed by atoms with Crippen molar-refractivity contribution < 1.29 is 5.11 Å². The van der Waals surface area contributed by atoms with Crippen LogP contribution in [0.25, 0.3) is 10.9 Å². The number of anilines is 1. The predicted octanol–water partition coefficient (Wildman–Crippen LogP) is 4.21. The van der Waals surface area contributed by atoms with Gasteiger partial charge in [0.1, 0.15) is 5.75 Å². The Morgan fingerprint density at radius 2 is 2.00 bits per heavy atom. The molecular formula is C16H13ClN2O. The molecule has 1 heterocycles. The van der Waals surface area contributed by atoms with E-state index in [-0.39, 0.29) is 5.75 Å². The quantitative estimate of drug-likeness (QED) is 0.757. The number of nitrogens with one attached hydrogen (secondary N) is 1. The molecule has 0 fully saturated rings. The molecule has 0 aliphatic carbocycles. The third kappa shape index (κ3) is 2.68. The molecule has 0 spiro atoms. The fraction of sp³-hybridized carbons (Fsp3) is 0.0625. The summed E-state index contributed by atoms with van der Waals surface area (Å²) >= 11 is 6.12. The SMILES string of the molecule is Oc1cccc(CNc2cc(Cl)cc3cccnc23)c1. The molecule has 0 atom stereocenters. The molecule has 0 aliphatic rings. The van der Waals surface area contributed by atoms with Gasteiger partial charge in [0.25, 0.3) is 0 Å². The first-order valence-electron chi connectivity index (χ1n) is 6.28. The van der Waals surface area contributed by atoms with Crippen LogP contribution in [-0.4, -0.2) is 10.1 Å². The van der Waals surface area contributed by atoms with Crippen LogP contribution in [0.5, 0.6) is 5.75 Å². The van der Waals surface area contributed by atoms with Gasteiger partial charge < -0.3 is 10.4 Å². The number of hydrogen-bond donors (Lipinski definition) is 2. The number of phenols is 1. The molecule has 3 aromatic rings. The van der Waals surface area contributed by atoms with Gasteiger partial charge >= 0.3 is 0 Å². The van der Waals surface area contributed by atoms with Crippen molar-refractivity contribution in [2.45, 2.75) is 6.54 Å². The van der Waals surface area contributed by atoms with E-state index >= 15 is 0 Å². The first-order valence-corrected chi connectivity index (χ1v) is 6.66. The lowest BCUT2D eigenvalue weighted by molar-refractivity contribution is 0.474. The van der Waals surface area contributed by atoms with Crippen LogP contribution in [0.4, 0.5) is 5.69 Å². The lowest BCUT2D eigenvalue weighted by Crippen LogP contribution is -2.00. The van der Waals surface area contributed by atoms with E-state index in [4.69, 9.17) is 11.6 Å². The smallest absolute Gasteiger partial charge is 0.115 e. The topological polar surface area (TPSA) is 45.1 Å². The highest BCUT2D eigenvalue weighted by Gasteiger charge is 2.04. The number of hydrogen-bond acceptors (Lipinski definition) is 3. The van der Waals surface area contributed by atoms with Gasteiger partial charge in [-0.2, -0.15) is 0 Å².